The van der Waals surface area contributed by atoms with Crippen LogP contribution in [-0.2, 0) is 0 Å². The molecule has 0 amide bonds. The van der Waals surface area contributed by atoms with Gasteiger partial charge in [-0.3, -0.25) is 5.43 Å². The third-order valence-electron chi connectivity index (χ3n) is 3.43. The fraction of sp³-hybridized carbons (Fsp3) is 0.167. The van der Waals surface area contributed by atoms with Crippen molar-refractivity contribution in [3.05, 3.63) is 60.7 Å². The van der Waals surface area contributed by atoms with Crippen LogP contribution in [0.5, 0.6) is 5.75 Å². The van der Waals surface area contributed by atoms with Gasteiger partial charge in [0.25, 0.3) is 0 Å². The molecule has 1 aliphatic rings. The fourth-order valence-corrected chi connectivity index (χ4v) is 2.23. The van der Waals surface area contributed by atoms with E-state index < -0.39 is 0 Å². The molecule has 0 aliphatic carbocycles. The van der Waals surface area contributed by atoms with E-state index in [4.69, 9.17) is 10.5 Å². The van der Waals surface area contributed by atoms with Crippen LogP contribution < -0.4 is 15.9 Å². The molecule has 0 unspecified atom stereocenters. The Bertz CT molecular complexity index is 753. The highest BCUT2D eigenvalue weighted by Crippen LogP contribution is 2.11. The van der Waals surface area contributed by atoms with Gasteiger partial charge in [0.2, 0.25) is 0 Å². The highest BCUT2D eigenvalue weighted by molar-refractivity contribution is 6.69. The van der Waals surface area contributed by atoms with Crippen molar-refractivity contribution in [1.29, 1.82) is 0 Å². The summed E-state index contributed by atoms with van der Waals surface area (Å²) in [4.78, 5) is 0. The van der Waals surface area contributed by atoms with Gasteiger partial charge in [-0.05, 0) is 37.1 Å². The highest BCUT2D eigenvalue weighted by Gasteiger charge is 2.19. The van der Waals surface area contributed by atoms with Crippen LogP contribution in [0.3, 0.4) is 0 Å². The molecular formula is C18H19N5O. The van der Waals surface area contributed by atoms with Crippen LogP contribution in [0, 0.1) is 0 Å². The van der Waals surface area contributed by atoms with E-state index in [9.17, 15) is 0 Å². The van der Waals surface area contributed by atoms with E-state index in [1.165, 1.54) is 0 Å². The number of ether oxygens (including phenoxy) is 1. The smallest absolute Gasteiger partial charge is 0.175 e. The van der Waals surface area contributed by atoms with Gasteiger partial charge < -0.3 is 10.5 Å². The minimum Gasteiger partial charge on any atom is -0.494 e. The molecule has 2 aromatic rings. The van der Waals surface area contributed by atoms with Crippen molar-refractivity contribution in [1.82, 2.24) is 0 Å². The van der Waals surface area contributed by atoms with Crippen molar-refractivity contribution in [2.24, 2.45) is 21.0 Å². The zero-order valence-electron chi connectivity index (χ0n) is 13.2. The molecule has 3 N–H and O–H groups in total. The zero-order valence-corrected chi connectivity index (χ0v) is 13.2. The maximum absolute atomic E-state index is 5.86. The van der Waals surface area contributed by atoms with Crippen molar-refractivity contribution < 1.29 is 4.74 Å². The SMILES string of the molecule is NC1=NN=C(CCCOc2ccccc2)/C1=N\Nc1ccccc1. The Hall–Kier alpha value is -3.15. The van der Waals surface area contributed by atoms with E-state index in [-0.39, 0.29) is 0 Å². The first-order chi connectivity index (χ1) is 11.8. The third kappa shape index (κ3) is 4.19. The molecule has 6 heteroatoms. The predicted molar refractivity (Wildman–Crippen MR) is 97.7 cm³/mol. The Morgan fingerprint density at radius 3 is 2.42 bits per heavy atom. The van der Waals surface area contributed by atoms with Crippen LogP contribution in [0.1, 0.15) is 12.8 Å². The van der Waals surface area contributed by atoms with Gasteiger partial charge in [-0.1, -0.05) is 36.4 Å². The lowest BCUT2D eigenvalue weighted by atomic mass is 10.1. The number of hydrazone groups is 1. The number of nitrogens with one attached hydrogen (secondary N) is 1. The fourth-order valence-electron chi connectivity index (χ4n) is 2.23. The van der Waals surface area contributed by atoms with Gasteiger partial charge in [0, 0.05) is 0 Å². The number of hydrogen-bond donors (Lipinski definition) is 2. The number of rotatable bonds is 7. The van der Waals surface area contributed by atoms with E-state index in [0.29, 0.717) is 24.6 Å². The first-order valence-electron chi connectivity index (χ1n) is 7.80. The first kappa shape index (κ1) is 15.7. The molecule has 0 spiro atoms. The van der Waals surface area contributed by atoms with Crippen molar-refractivity contribution in [3.63, 3.8) is 0 Å². The second-order valence-corrected chi connectivity index (χ2v) is 5.24. The molecule has 0 bridgehead atoms. The zero-order chi connectivity index (χ0) is 16.6. The molecule has 6 nitrogen and oxygen atoms in total. The van der Waals surface area contributed by atoms with Crippen LogP contribution in [0.15, 0.2) is 76.0 Å². The maximum Gasteiger partial charge on any atom is 0.175 e. The van der Waals surface area contributed by atoms with Crippen LogP contribution in [0.4, 0.5) is 5.69 Å². The molecule has 1 heterocycles. The second kappa shape index (κ2) is 7.92. The van der Waals surface area contributed by atoms with Crippen LogP contribution >= 0.6 is 0 Å². The minimum atomic E-state index is 0.331. The second-order valence-electron chi connectivity index (χ2n) is 5.24. The summed E-state index contributed by atoms with van der Waals surface area (Å²) in [5.41, 5.74) is 11.1. The average molecular weight is 321 g/mol. The molecule has 0 aromatic heterocycles. The molecular weight excluding hydrogens is 302 g/mol. The number of hydrogen-bond acceptors (Lipinski definition) is 6. The lowest BCUT2D eigenvalue weighted by Gasteiger charge is -2.07. The predicted octanol–water partition coefficient (Wildman–Crippen LogP) is 3.04. The number of nitrogens with zero attached hydrogens (tertiary/aromatic N) is 3. The van der Waals surface area contributed by atoms with Gasteiger partial charge in [-0.15, -0.1) is 5.10 Å². The summed E-state index contributed by atoms with van der Waals surface area (Å²) in [5, 5.41) is 12.4. The number of amidine groups is 1. The van der Waals surface area contributed by atoms with Crippen LogP contribution in [0.25, 0.3) is 0 Å². The number of nitrogens with two attached hydrogens (primary N) is 1. The van der Waals surface area contributed by atoms with Crippen molar-refractivity contribution >= 4 is 22.9 Å². The monoisotopic (exact) mass is 321 g/mol. The summed E-state index contributed by atoms with van der Waals surface area (Å²) in [7, 11) is 0. The molecule has 3 rings (SSSR count). The minimum absolute atomic E-state index is 0.331. The highest BCUT2D eigenvalue weighted by atomic mass is 16.5. The quantitative estimate of drug-likeness (QED) is 0.607. The molecule has 0 saturated carbocycles. The lowest BCUT2D eigenvalue weighted by Crippen LogP contribution is -2.28. The average Bonchev–Trinajstić information content (AvgIpc) is 2.98. The molecule has 0 fully saturated rings. The third-order valence-corrected chi connectivity index (χ3v) is 3.43. The Morgan fingerprint density at radius 1 is 0.958 bits per heavy atom. The molecule has 0 saturated heterocycles. The number of benzene rings is 2. The lowest BCUT2D eigenvalue weighted by molar-refractivity contribution is 0.314. The van der Waals surface area contributed by atoms with Crippen molar-refractivity contribution in [2.75, 3.05) is 12.0 Å². The molecule has 24 heavy (non-hydrogen) atoms. The number of anilines is 1. The van der Waals surface area contributed by atoms with Crippen molar-refractivity contribution in [3.8, 4) is 5.75 Å². The van der Waals surface area contributed by atoms with Crippen LogP contribution in [0.2, 0.25) is 0 Å². The van der Waals surface area contributed by atoms with E-state index in [2.05, 4.69) is 20.7 Å². The van der Waals surface area contributed by atoms with Gasteiger partial charge in [0.05, 0.1) is 18.0 Å². The van der Waals surface area contributed by atoms with E-state index >= 15 is 0 Å². The van der Waals surface area contributed by atoms with Crippen LogP contribution in [-0.4, -0.2) is 23.9 Å². The molecule has 2 aromatic carbocycles. The Labute approximate surface area is 140 Å². The van der Waals surface area contributed by atoms with Crippen molar-refractivity contribution in [2.45, 2.75) is 12.8 Å². The largest absolute Gasteiger partial charge is 0.494 e. The summed E-state index contributed by atoms with van der Waals surface area (Å²) in [6.45, 7) is 0.600. The summed E-state index contributed by atoms with van der Waals surface area (Å²) >= 11 is 0. The summed E-state index contributed by atoms with van der Waals surface area (Å²) in [6.07, 6.45) is 1.51. The normalized spacial score (nSPS) is 15.1. The van der Waals surface area contributed by atoms with Gasteiger partial charge in [-0.25, -0.2) is 0 Å². The molecule has 0 atom stereocenters. The Morgan fingerprint density at radius 2 is 1.67 bits per heavy atom. The molecule has 122 valence electrons. The molecule has 0 radical (unpaired) electrons. The molecule has 1 aliphatic heterocycles. The number of para-hydroxylation sites is 2. The van der Waals surface area contributed by atoms with E-state index in [1.54, 1.807) is 0 Å². The van der Waals surface area contributed by atoms with E-state index in [1.807, 2.05) is 60.7 Å². The summed E-state index contributed by atoms with van der Waals surface area (Å²) < 4.78 is 5.68. The van der Waals surface area contributed by atoms with Gasteiger partial charge in [0.15, 0.2) is 11.5 Å². The standard InChI is InChI=1S/C18H19N5O/c19-18-17(22-20-14-8-3-1-4-9-14)16(21-23-18)12-7-13-24-15-10-5-2-6-11-15/h1-6,8-11,20H,7,12-13H2,(H2,19,22,23). The summed E-state index contributed by atoms with van der Waals surface area (Å²) in [5.74, 6) is 1.19. The maximum atomic E-state index is 5.86. The Kier molecular flexibility index (Phi) is 5.19. The van der Waals surface area contributed by atoms with Gasteiger partial charge in [0.1, 0.15) is 5.75 Å². The van der Waals surface area contributed by atoms with E-state index in [0.717, 1.165) is 23.6 Å². The van der Waals surface area contributed by atoms with Gasteiger partial charge >= 0.3 is 0 Å². The van der Waals surface area contributed by atoms with Gasteiger partial charge in [-0.2, -0.15) is 10.2 Å². The summed E-state index contributed by atoms with van der Waals surface area (Å²) in [6, 6.07) is 19.4. The topological polar surface area (TPSA) is 84.4 Å². The first-order valence-corrected chi connectivity index (χ1v) is 7.80. The Balaban J connectivity index is 1.51.